The zero-order valence-electron chi connectivity index (χ0n) is 16.9. The third-order valence-corrected chi connectivity index (χ3v) is 5.96. The van der Waals surface area contributed by atoms with Crippen LogP contribution in [0, 0.1) is 0 Å². The fourth-order valence-corrected chi connectivity index (χ4v) is 3.90. The number of morpholine rings is 1. The molecule has 28 heavy (non-hydrogen) atoms. The zero-order valence-corrected chi connectivity index (χ0v) is 17.7. The molecular weight excluding hydrogens is 370 g/mol. The highest BCUT2D eigenvalue weighted by Gasteiger charge is 2.21. The number of likely N-dealkylation sites (N-methyl/N-ethyl adjacent to an activating group) is 1. The average molecular weight is 400 g/mol. The Kier molecular flexibility index (Phi) is 7.36. The van der Waals surface area contributed by atoms with E-state index < -0.39 is 0 Å². The number of hydrogen-bond acceptors (Lipinski definition) is 5. The fraction of sp³-hybridized carbons (Fsp3) is 0.409. The first kappa shape index (κ1) is 20.7. The normalized spacial score (nSPS) is 15.5. The van der Waals surface area contributed by atoms with Crippen molar-refractivity contribution in [1.29, 1.82) is 0 Å². The molecule has 2 aromatic carbocycles. The summed E-state index contributed by atoms with van der Waals surface area (Å²) in [5, 5.41) is 3.08. The van der Waals surface area contributed by atoms with E-state index in [-0.39, 0.29) is 11.9 Å². The highest BCUT2D eigenvalue weighted by atomic mass is 32.2. The topological polar surface area (TPSA) is 44.8 Å². The molecule has 1 N–H and O–H groups in total. The molecule has 0 aromatic heterocycles. The average Bonchev–Trinajstić information content (AvgIpc) is 2.74. The molecule has 5 nitrogen and oxygen atoms in total. The smallest absolute Gasteiger partial charge is 0.241 e. The minimum atomic E-state index is -0.243. The van der Waals surface area contributed by atoms with E-state index in [9.17, 15) is 4.79 Å². The minimum Gasteiger partial charge on any atom is -0.378 e. The van der Waals surface area contributed by atoms with Crippen molar-refractivity contribution in [2.24, 2.45) is 0 Å². The number of ether oxygens (including phenoxy) is 1. The first-order valence-electron chi connectivity index (χ1n) is 9.65. The van der Waals surface area contributed by atoms with Gasteiger partial charge in [0.2, 0.25) is 5.91 Å². The molecular formula is C22H29N3O2S. The summed E-state index contributed by atoms with van der Waals surface area (Å²) in [6.07, 6.45) is 2.02. The fourth-order valence-electron chi connectivity index (χ4n) is 3.35. The molecule has 1 heterocycles. The number of amides is 1. The summed E-state index contributed by atoms with van der Waals surface area (Å²) in [5.41, 5.74) is 3.34. The van der Waals surface area contributed by atoms with Gasteiger partial charge in [0.1, 0.15) is 0 Å². The van der Waals surface area contributed by atoms with Crippen molar-refractivity contribution in [2.45, 2.75) is 24.4 Å². The highest BCUT2D eigenvalue weighted by molar-refractivity contribution is 7.98. The lowest BCUT2D eigenvalue weighted by Crippen LogP contribution is -2.40. The molecule has 1 saturated heterocycles. The van der Waals surface area contributed by atoms with E-state index in [0.717, 1.165) is 36.9 Å². The molecule has 0 unspecified atom stereocenters. The van der Waals surface area contributed by atoms with E-state index in [1.807, 2.05) is 44.5 Å². The molecule has 3 rings (SSSR count). The Morgan fingerprint density at radius 2 is 1.86 bits per heavy atom. The maximum Gasteiger partial charge on any atom is 0.241 e. The van der Waals surface area contributed by atoms with Crippen LogP contribution < -0.4 is 10.2 Å². The van der Waals surface area contributed by atoms with E-state index in [1.54, 1.807) is 11.8 Å². The molecule has 0 bridgehead atoms. The standard InChI is InChI=1S/C22H29N3O2S/c1-17(22(26)23-19-9-5-7-11-21(19)28-3)24(2)16-18-8-4-6-10-20(18)25-12-14-27-15-13-25/h4-11,17H,12-16H2,1-3H3,(H,23,26)/t17-/m0/s1. The van der Waals surface area contributed by atoms with E-state index >= 15 is 0 Å². The Bertz CT molecular complexity index is 793. The van der Waals surface area contributed by atoms with Crippen LogP contribution in [0.5, 0.6) is 0 Å². The van der Waals surface area contributed by atoms with Gasteiger partial charge in [-0.15, -0.1) is 11.8 Å². The second kappa shape index (κ2) is 9.96. The highest BCUT2D eigenvalue weighted by Crippen LogP contribution is 2.26. The van der Waals surface area contributed by atoms with Crippen LogP contribution in [0.15, 0.2) is 53.4 Å². The van der Waals surface area contributed by atoms with Gasteiger partial charge in [-0.2, -0.15) is 0 Å². The molecule has 0 aliphatic carbocycles. The molecule has 1 aliphatic heterocycles. The zero-order chi connectivity index (χ0) is 19.9. The largest absolute Gasteiger partial charge is 0.378 e. The number of thioether (sulfide) groups is 1. The van der Waals surface area contributed by atoms with Crippen LogP contribution in [0.25, 0.3) is 0 Å². The SMILES string of the molecule is CSc1ccccc1NC(=O)[C@H](C)N(C)Cc1ccccc1N1CCOCC1. The summed E-state index contributed by atoms with van der Waals surface area (Å²) in [6, 6.07) is 16.1. The molecule has 1 fully saturated rings. The van der Waals surface area contributed by atoms with Crippen molar-refractivity contribution < 1.29 is 9.53 Å². The summed E-state index contributed by atoms with van der Waals surface area (Å²) in [7, 11) is 2.00. The monoisotopic (exact) mass is 399 g/mol. The van der Waals surface area contributed by atoms with Gasteiger partial charge in [-0.25, -0.2) is 0 Å². The molecule has 2 aromatic rings. The van der Waals surface area contributed by atoms with Crippen LogP contribution in [0.3, 0.4) is 0 Å². The molecule has 1 amide bonds. The Morgan fingerprint density at radius 3 is 2.61 bits per heavy atom. The summed E-state index contributed by atoms with van der Waals surface area (Å²) in [4.78, 5) is 18.3. The van der Waals surface area contributed by atoms with Crippen LogP contribution in [-0.4, -0.2) is 56.5 Å². The third kappa shape index (κ3) is 5.07. The van der Waals surface area contributed by atoms with Gasteiger partial charge in [0, 0.05) is 30.2 Å². The molecule has 6 heteroatoms. The van der Waals surface area contributed by atoms with Gasteiger partial charge in [-0.3, -0.25) is 9.69 Å². The van der Waals surface area contributed by atoms with Gasteiger partial charge in [-0.05, 0) is 44.0 Å². The maximum absolute atomic E-state index is 12.8. The summed E-state index contributed by atoms with van der Waals surface area (Å²) in [6.45, 7) is 6.00. The number of anilines is 2. The first-order valence-corrected chi connectivity index (χ1v) is 10.9. The first-order chi connectivity index (χ1) is 13.6. The van der Waals surface area contributed by atoms with Crippen molar-refractivity contribution in [1.82, 2.24) is 4.90 Å². The number of nitrogens with one attached hydrogen (secondary N) is 1. The number of hydrogen-bond donors (Lipinski definition) is 1. The molecule has 1 atom stereocenters. The Labute approximate surface area is 172 Å². The lowest BCUT2D eigenvalue weighted by Gasteiger charge is -2.32. The number of benzene rings is 2. The van der Waals surface area contributed by atoms with Crippen molar-refractivity contribution in [3.05, 3.63) is 54.1 Å². The molecule has 0 spiro atoms. The maximum atomic E-state index is 12.8. The van der Waals surface area contributed by atoms with Crippen LogP contribution in [-0.2, 0) is 16.1 Å². The minimum absolute atomic E-state index is 0.00727. The summed E-state index contributed by atoms with van der Waals surface area (Å²) in [5.74, 6) is 0.00727. The molecule has 0 radical (unpaired) electrons. The lowest BCUT2D eigenvalue weighted by atomic mass is 10.1. The second-order valence-electron chi connectivity index (χ2n) is 7.01. The Balaban J connectivity index is 1.67. The number of rotatable bonds is 7. The van der Waals surface area contributed by atoms with Crippen LogP contribution >= 0.6 is 11.8 Å². The lowest BCUT2D eigenvalue weighted by molar-refractivity contribution is -0.120. The van der Waals surface area contributed by atoms with Gasteiger partial charge >= 0.3 is 0 Å². The van der Waals surface area contributed by atoms with Crippen LogP contribution in [0.2, 0.25) is 0 Å². The van der Waals surface area contributed by atoms with E-state index in [1.165, 1.54) is 11.3 Å². The van der Waals surface area contributed by atoms with Crippen molar-refractivity contribution in [3.8, 4) is 0 Å². The summed E-state index contributed by atoms with van der Waals surface area (Å²) >= 11 is 1.63. The number of para-hydroxylation sites is 2. The molecule has 150 valence electrons. The van der Waals surface area contributed by atoms with Crippen molar-refractivity contribution in [3.63, 3.8) is 0 Å². The Morgan fingerprint density at radius 1 is 1.18 bits per heavy atom. The summed E-state index contributed by atoms with van der Waals surface area (Å²) < 4.78 is 5.48. The molecule has 0 saturated carbocycles. The number of nitrogens with zero attached hydrogens (tertiary/aromatic N) is 2. The van der Waals surface area contributed by atoms with Crippen molar-refractivity contribution in [2.75, 3.05) is 49.8 Å². The van der Waals surface area contributed by atoms with Gasteiger partial charge in [0.05, 0.1) is 24.9 Å². The van der Waals surface area contributed by atoms with Crippen LogP contribution in [0.1, 0.15) is 12.5 Å². The van der Waals surface area contributed by atoms with Gasteiger partial charge in [0.25, 0.3) is 0 Å². The number of carbonyl (C=O) groups excluding carboxylic acids is 1. The van der Waals surface area contributed by atoms with E-state index in [4.69, 9.17) is 4.74 Å². The predicted molar refractivity (Wildman–Crippen MR) is 117 cm³/mol. The van der Waals surface area contributed by atoms with Crippen molar-refractivity contribution >= 4 is 29.0 Å². The molecule has 1 aliphatic rings. The quantitative estimate of drug-likeness (QED) is 0.719. The third-order valence-electron chi connectivity index (χ3n) is 5.17. The van der Waals surface area contributed by atoms with Gasteiger partial charge in [-0.1, -0.05) is 30.3 Å². The van der Waals surface area contributed by atoms with Gasteiger partial charge in [0.15, 0.2) is 0 Å². The van der Waals surface area contributed by atoms with Gasteiger partial charge < -0.3 is 15.0 Å². The predicted octanol–water partition coefficient (Wildman–Crippen LogP) is 3.70. The Hall–Kier alpha value is -2.02. The second-order valence-corrected chi connectivity index (χ2v) is 7.86. The van der Waals surface area contributed by atoms with E-state index in [2.05, 4.69) is 39.4 Å². The van der Waals surface area contributed by atoms with E-state index in [0.29, 0.717) is 6.54 Å². The number of carbonyl (C=O) groups is 1. The van der Waals surface area contributed by atoms with Crippen LogP contribution in [0.4, 0.5) is 11.4 Å².